The zero-order valence-corrected chi connectivity index (χ0v) is 36.9. The summed E-state index contributed by atoms with van der Waals surface area (Å²) in [6.07, 6.45) is 3.48. The van der Waals surface area contributed by atoms with Gasteiger partial charge in [0.1, 0.15) is 17.7 Å². The second-order valence-electron chi connectivity index (χ2n) is 16.8. The molecular weight excluding hydrogens is 704 g/mol. The highest BCUT2D eigenvalue weighted by atomic mass is 16.2. The molecule has 6 unspecified atom stereocenters. The largest absolute Gasteiger partial charge is 0.358 e. The molecule has 0 bridgehead atoms. The smallest absolute Gasteiger partial charge is 0.246 e. The second-order valence-corrected chi connectivity index (χ2v) is 16.8. The minimum atomic E-state index is -1.62. The highest BCUT2D eigenvalue weighted by molar-refractivity contribution is 5.93. The van der Waals surface area contributed by atoms with Crippen LogP contribution in [0.5, 0.6) is 0 Å². The normalized spacial score (nSPS) is 16.2. The van der Waals surface area contributed by atoms with Gasteiger partial charge in [0.05, 0.1) is 18.8 Å². The number of rotatable bonds is 26. The summed E-state index contributed by atoms with van der Waals surface area (Å²) >= 11 is 0. The Bertz CT molecular complexity index is 1280. The fraction of sp³-hybridized carbons (Fsp3) is 0.825. The molecule has 0 aromatic rings. The summed E-state index contributed by atoms with van der Waals surface area (Å²) in [5, 5.41) is 11.8. The van der Waals surface area contributed by atoms with Crippen molar-refractivity contribution in [2.75, 3.05) is 41.9 Å². The van der Waals surface area contributed by atoms with Crippen LogP contribution < -0.4 is 21.3 Å². The first kappa shape index (κ1) is 51.6. The average Bonchev–Trinajstić information content (AvgIpc) is 3.11. The Hall–Kier alpha value is -3.43. The van der Waals surface area contributed by atoms with Crippen molar-refractivity contribution in [3.8, 4) is 0 Å². The Balaban J connectivity index is 6.68. The van der Waals surface area contributed by atoms with E-state index < -0.39 is 53.2 Å². The molecule has 0 heterocycles. The molecule has 15 heteroatoms. The average molecular weight is 781 g/mol. The first-order valence-corrected chi connectivity index (χ1v) is 19.9. The van der Waals surface area contributed by atoms with Crippen molar-refractivity contribution in [1.82, 2.24) is 40.9 Å². The van der Waals surface area contributed by atoms with Crippen LogP contribution in [-0.4, -0.2) is 139 Å². The number of aldehydes is 2. The van der Waals surface area contributed by atoms with E-state index >= 15 is 0 Å². The molecule has 0 radical (unpaired) electrons. The van der Waals surface area contributed by atoms with E-state index in [0.29, 0.717) is 31.8 Å². The van der Waals surface area contributed by atoms with Gasteiger partial charge in [0.25, 0.3) is 0 Å². The van der Waals surface area contributed by atoms with Crippen molar-refractivity contribution in [3.63, 3.8) is 0 Å². The topological polar surface area (TPSA) is 181 Å². The maximum Gasteiger partial charge on any atom is 0.246 e. The molecule has 4 N–H and O–H groups in total. The number of amides is 5. The van der Waals surface area contributed by atoms with Gasteiger partial charge in [0, 0.05) is 34.6 Å². The Morgan fingerprint density at radius 2 is 1.25 bits per heavy atom. The molecular formula is C40H76N8O7. The molecule has 0 aliphatic rings. The van der Waals surface area contributed by atoms with Crippen LogP contribution >= 0.6 is 0 Å². The SMILES string of the molecule is CCCC(=O)N(C)C(CC)C(=O)N(C)C(C=O)(CC(C)C)NC(C(=O)N(C)C(CC(C)C)C(=O)NC(C)(C=O)NCN(C)C(CC(C)C)C(=O)NC)C(C)C. The Morgan fingerprint density at radius 1 is 0.709 bits per heavy atom. The van der Waals surface area contributed by atoms with Crippen molar-refractivity contribution in [1.29, 1.82) is 0 Å². The van der Waals surface area contributed by atoms with E-state index in [2.05, 4.69) is 21.3 Å². The van der Waals surface area contributed by atoms with Gasteiger partial charge in [-0.25, -0.2) is 0 Å². The molecule has 0 aliphatic heterocycles. The van der Waals surface area contributed by atoms with Crippen LogP contribution in [0.4, 0.5) is 0 Å². The number of carbonyl (C=O) groups is 7. The molecule has 0 fully saturated rings. The van der Waals surface area contributed by atoms with Crippen molar-refractivity contribution in [3.05, 3.63) is 0 Å². The first-order valence-electron chi connectivity index (χ1n) is 19.9. The standard InChI is InChI=1S/C40H76N8O7/c1-17-19-33(51)46(14)30(18-2)37(54)48(16)40(24-50,22-28(7)8)43-34(29(9)10)38(55)47(15)32(21-27(5)6)36(53)44-39(11,23-49)42-25-45(13)31(20-26(3)4)35(52)41-12/h23-24,26-32,34,42-43H,17-22,25H2,1-16H3,(H,41,52)(H,44,53). The van der Waals surface area contributed by atoms with Crippen molar-refractivity contribution >= 4 is 42.1 Å². The second kappa shape index (κ2) is 23.6. The van der Waals surface area contributed by atoms with E-state index in [1.54, 1.807) is 33.0 Å². The lowest BCUT2D eigenvalue weighted by Gasteiger charge is -2.45. The molecule has 0 rings (SSSR count). The molecule has 15 nitrogen and oxygen atoms in total. The van der Waals surface area contributed by atoms with Gasteiger partial charge in [-0.2, -0.15) is 0 Å². The molecule has 0 saturated heterocycles. The molecule has 55 heavy (non-hydrogen) atoms. The molecule has 5 amide bonds. The van der Waals surface area contributed by atoms with Crippen LogP contribution in [0, 0.1) is 23.7 Å². The minimum absolute atomic E-state index is 0.0282. The van der Waals surface area contributed by atoms with Gasteiger partial charge in [-0.1, -0.05) is 69.2 Å². The minimum Gasteiger partial charge on any atom is -0.358 e. The van der Waals surface area contributed by atoms with Crippen LogP contribution in [0.15, 0.2) is 0 Å². The number of hydrogen-bond acceptors (Lipinski definition) is 10. The highest BCUT2D eigenvalue weighted by Crippen LogP contribution is 2.25. The zero-order valence-electron chi connectivity index (χ0n) is 36.9. The summed E-state index contributed by atoms with van der Waals surface area (Å²) < 4.78 is 0. The monoisotopic (exact) mass is 781 g/mol. The highest BCUT2D eigenvalue weighted by Gasteiger charge is 2.46. The van der Waals surface area contributed by atoms with Crippen LogP contribution in [0.3, 0.4) is 0 Å². The zero-order chi connectivity index (χ0) is 43.0. The van der Waals surface area contributed by atoms with Gasteiger partial charge >= 0.3 is 0 Å². The van der Waals surface area contributed by atoms with Gasteiger partial charge < -0.3 is 25.3 Å². The predicted molar refractivity (Wildman–Crippen MR) is 216 cm³/mol. The first-order chi connectivity index (χ1) is 25.4. The predicted octanol–water partition coefficient (Wildman–Crippen LogP) is 2.58. The van der Waals surface area contributed by atoms with E-state index in [0.717, 1.165) is 0 Å². The molecule has 6 atom stereocenters. The number of nitrogens with one attached hydrogen (secondary N) is 4. The third-order valence-electron chi connectivity index (χ3n) is 10.1. The Morgan fingerprint density at radius 3 is 1.67 bits per heavy atom. The summed E-state index contributed by atoms with van der Waals surface area (Å²) in [4.78, 5) is 99.7. The molecule has 0 spiro atoms. The maximum absolute atomic E-state index is 14.5. The van der Waals surface area contributed by atoms with Gasteiger partial charge in [-0.15, -0.1) is 0 Å². The number of likely N-dealkylation sites (N-methyl/N-ethyl adjacent to an activating group) is 5. The molecule has 0 saturated carbocycles. The van der Waals surface area contributed by atoms with E-state index in [4.69, 9.17) is 0 Å². The van der Waals surface area contributed by atoms with Crippen molar-refractivity contribution in [2.45, 2.75) is 150 Å². The Kier molecular flexibility index (Phi) is 22.1. The molecule has 0 aromatic heterocycles. The van der Waals surface area contributed by atoms with Gasteiger partial charge in [0.15, 0.2) is 18.2 Å². The number of carbonyl (C=O) groups excluding carboxylic acids is 7. The molecule has 0 aliphatic carbocycles. The summed E-state index contributed by atoms with van der Waals surface area (Å²) in [6, 6.07) is -3.31. The lowest BCUT2D eigenvalue weighted by molar-refractivity contribution is -0.154. The van der Waals surface area contributed by atoms with Gasteiger partial charge in [-0.3, -0.25) is 49.1 Å². The maximum atomic E-state index is 14.5. The van der Waals surface area contributed by atoms with Gasteiger partial charge in [0.2, 0.25) is 29.5 Å². The van der Waals surface area contributed by atoms with Gasteiger partial charge in [-0.05, 0) is 69.7 Å². The van der Waals surface area contributed by atoms with Crippen LogP contribution in [0.1, 0.15) is 115 Å². The lowest BCUT2D eigenvalue weighted by Crippen LogP contribution is -2.69. The third kappa shape index (κ3) is 15.2. The van der Waals surface area contributed by atoms with Crippen LogP contribution in [0.25, 0.3) is 0 Å². The number of hydrogen-bond donors (Lipinski definition) is 4. The molecule has 318 valence electrons. The van der Waals surface area contributed by atoms with Crippen LogP contribution in [-0.2, 0) is 33.6 Å². The summed E-state index contributed by atoms with van der Waals surface area (Å²) in [7, 11) is 7.94. The number of nitrogens with zero attached hydrogens (tertiary/aromatic N) is 4. The van der Waals surface area contributed by atoms with E-state index in [-0.39, 0.29) is 61.4 Å². The van der Waals surface area contributed by atoms with Crippen molar-refractivity contribution < 1.29 is 33.6 Å². The van der Waals surface area contributed by atoms with E-state index in [1.165, 1.54) is 35.7 Å². The van der Waals surface area contributed by atoms with E-state index in [9.17, 15) is 33.6 Å². The van der Waals surface area contributed by atoms with Crippen molar-refractivity contribution in [2.24, 2.45) is 23.7 Å². The fourth-order valence-corrected chi connectivity index (χ4v) is 6.67. The van der Waals surface area contributed by atoms with E-state index in [1.807, 2.05) is 62.3 Å². The summed E-state index contributed by atoms with van der Waals surface area (Å²) in [5.41, 5.74) is -3.16. The Labute approximate surface area is 331 Å². The molecule has 0 aromatic carbocycles. The summed E-state index contributed by atoms with van der Waals surface area (Å²) in [5.74, 6) is -2.09. The lowest BCUT2D eigenvalue weighted by atomic mass is 9.91. The quantitative estimate of drug-likeness (QED) is 0.0753. The summed E-state index contributed by atoms with van der Waals surface area (Å²) in [6.45, 7) is 20.6. The fourth-order valence-electron chi connectivity index (χ4n) is 6.67. The van der Waals surface area contributed by atoms with Crippen LogP contribution in [0.2, 0.25) is 0 Å². The third-order valence-corrected chi connectivity index (χ3v) is 10.1.